The predicted octanol–water partition coefficient (Wildman–Crippen LogP) is 4.52. The molecule has 5 heteroatoms. The first-order chi connectivity index (χ1) is 10.2. The summed E-state index contributed by atoms with van der Waals surface area (Å²) in [7, 11) is 0. The molecule has 106 valence electrons. The van der Waals surface area contributed by atoms with Gasteiger partial charge in [-0.3, -0.25) is 0 Å². The standard InChI is InChI=1S/C16H13NO2S2/c1-2-20-14-4-3-5-15(13(14)10-17)21-12-8-6-11(7-9-12)16(18)19/h3-9H,2H2,1H3,(H,18,19). The van der Waals surface area contributed by atoms with Crippen molar-refractivity contribution >= 4 is 29.5 Å². The summed E-state index contributed by atoms with van der Waals surface area (Å²) in [5, 5.41) is 18.3. The molecule has 0 amide bonds. The Morgan fingerprint density at radius 1 is 1.19 bits per heavy atom. The molecule has 2 aromatic carbocycles. The van der Waals surface area contributed by atoms with Crippen molar-refractivity contribution in [3.05, 3.63) is 53.6 Å². The van der Waals surface area contributed by atoms with Gasteiger partial charge in [0.1, 0.15) is 6.07 Å². The van der Waals surface area contributed by atoms with Crippen LogP contribution in [0.15, 0.2) is 57.2 Å². The fraction of sp³-hybridized carbons (Fsp3) is 0.125. The molecule has 0 aliphatic carbocycles. The lowest BCUT2D eigenvalue weighted by atomic mass is 10.2. The topological polar surface area (TPSA) is 61.1 Å². The summed E-state index contributed by atoms with van der Waals surface area (Å²) in [4.78, 5) is 13.6. The molecule has 0 saturated heterocycles. The predicted molar refractivity (Wildman–Crippen MR) is 85.1 cm³/mol. The van der Waals surface area contributed by atoms with E-state index in [1.54, 1.807) is 36.0 Å². The Kier molecular flexibility index (Phi) is 5.32. The van der Waals surface area contributed by atoms with Crippen molar-refractivity contribution in [3.8, 4) is 6.07 Å². The molecule has 0 fully saturated rings. The lowest BCUT2D eigenvalue weighted by Gasteiger charge is -2.08. The highest BCUT2D eigenvalue weighted by Crippen LogP contribution is 2.35. The Bertz CT molecular complexity index is 690. The van der Waals surface area contributed by atoms with E-state index in [1.807, 2.05) is 18.2 Å². The molecular formula is C16H13NO2S2. The number of aromatic carboxylic acids is 1. The van der Waals surface area contributed by atoms with Crippen LogP contribution >= 0.6 is 23.5 Å². The van der Waals surface area contributed by atoms with Gasteiger partial charge in [-0.05, 0) is 42.2 Å². The van der Waals surface area contributed by atoms with E-state index in [9.17, 15) is 10.1 Å². The summed E-state index contributed by atoms with van der Waals surface area (Å²) in [6.07, 6.45) is 0. The SMILES string of the molecule is CCSc1cccc(Sc2ccc(C(=O)O)cc2)c1C#N. The number of nitrogens with zero attached hydrogens (tertiary/aromatic N) is 1. The fourth-order valence-corrected chi connectivity index (χ4v) is 3.56. The number of carboxylic acids is 1. The zero-order valence-corrected chi connectivity index (χ0v) is 13.0. The van der Waals surface area contributed by atoms with Crippen LogP contribution in [0.5, 0.6) is 0 Å². The van der Waals surface area contributed by atoms with Gasteiger partial charge in [0.05, 0.1) is 11.1 Å². The Hall–Kier alpha value is -1.90. The van der Waals surface area contributed by atoms with Crippen molar-refractivity contribution < 1.29 is 9.90 Å². The van der Waals surface area contributed by atoms with Crippen molar-refractivity contribution in [3.63, 3.8) is 0 Å². The number of thioether (sulfide) groups is 1. The second kappa shape index (κ2) is 7.21. The first-order valence-corrected chi connectivity index (χ1v) is 8.13. The van der Waals surface area contributed by atoms with E-state index in [2.05, 4.69) is 13.0 Å². The number of carbonyl (C=O) groups is 1. The number of rotatable bonds is 5. The van der Waals surface area contributed by atoms with Crippen molar-refractivity contribution in [2.75, 3.05) is 5.75 Å². The summed E-state index contributed by atoms with van der Waals surface area (Å²) in [5.41, 5.74) is 0.937. The van der Waals surface area contributed by atoms with Crippen LogP contribution in [0.2, 0.25) is 0 Å². The van der Waals surface area contributed by atoms with Gasteiger partial charge >= 0.3 is 5.97 Å². The number of nitriles is 1. The third-order valence-electron chi connectivity index (χ3n) is 2.73. The first kappa shape index (κ1) is 15.5. The molecule has 0 aromatic heterocycles. The first-order valence-electron chi connectivity index (χ1n) is 6.32. The summed E-state index contributed by atoms with van der Waals surface area (Å²) >= 11 is 3.11. The molecule has 0 atom stereocenters. The maximum Gasteiger partial charge on any atom is 0.335 e. The van der Waals surface area contributed by atoms with Gasteiger partial charge in [-0.25, -0.2) is 4.79 Å². The largest absolute Gasteiger partial charge is 0.478 e. The smallest absolute Gasteiger partial charge is 0.335 e. The molecule has 2 rings (SSSR count). The molecule has 21 heavy (non-hydrogen) atoms. The highest BCUT2D eigenvalue weighted by molar-refractivity contribution is 8.00. The fourth-order valence-electron chi connectivity index (χ4n) is 1.77. The van der Waals surface area contributed by atoms with Crippen LogP contribution in [0.25, 0.3) is 0 Å². The lowest BCUT2D eigenvalue weighted by molar-refractivity contribution is 0.0697. The monoisotopic (exact) mass is 315 g/mol. The van der Waals surface area contributed by atoms with Crippen LogP contribution in [0, 0.1) is 11.3 Å². The van der Waals surface area contributed by atoms with E-state index in [0.717, 1.165) is 20.4 Å². The normalized spacial score (nSPS) is 10.1. The van der Waals surface area contributed by atoms with Gasteiger partial charge in [-0.2, -0.15) is 5.26 Å². The van der Waals surface area contributed by atoms with Crippen molar-refractivity contribution in [2.24, 2.45) is 0 Å². The minimum absolute atomic E-state index is 0.259. The number of hydrogen-bond donors (Lipinski definition) is 1. The van der Waals surface area contributed by atoms with Crippen molar-refractivity contribution in [1.29, 1.82) is 5.26 Å². The maximum atomic E-state index is 10.8. The van der Waals surface area contributed by atoms with E-state index in [1.165, 1.54) is 11.8 Å². The molecule has 0 radical (unpaired) electrons. The van der Waals surface area contributed by atoms with Gasteiger partial charge < -0.3 is 5.11 Å². The van der Waals surface area contributed by atoms with Crippen LogP contribution < -0.4 is 0 Å². The zero-order chi connectivity index (χ0) is 15.2. The van der Waals surface area contributed by atoms with Crippen molar-refractivity contribution in [2.45, 2.75) is 21.6 Å². The molecule has 0 bridgehead atoms. The minimum atomic E-state index is -0.939. The Morgan fingerprint density at radius 3 is 2.43 bits per heavy atom. The second-order valence-electron chi connectivity index (χ2n) is 4.11. The molecule has 0 unspecified atom stereocenters. The average molecular weight is 315 g/mol. The van der Waals surface area contributed by atoms with E-state index >= 15 is 0 Å². The van der Waals surface area contributed by atoms with Gasteiger partial charge in [0.25, 0.3) is 0 Å². The summed E-state index contributed by atoms with van der Waals surface area (Å²) in [6, 6.07) is 14.7. The zero-order valence-electron chi connectivity index (χ0n) is 11.4. The highest BCUT2D eigenvalue weighted by Gasteiger charge is 2.10. The summed E-state index contributed by atoms with van der Waals surface area (Å²) < 4.78 is 0. The molecule has 1 N–H and O–H groups in total. The molecule has 3 nitrogen and oxygen atoms in total. The van der Waals surface area contributed by atoms with E-state index < -0.39 is 5.97 Å². The molecule has 0 heterocycles. The maximum absolute atomic E-state index is 10.8. The van der Waals surface area contributed by atoms with E-state index in [0.29, 0.717) is 5.56 Å². The van der Waals surface area contributed by atoms with Crippen LogP contribution in [-0.4, -0.2) is 16.8 Å². The number of benzene rings is 2. The lowest BCUT2D eigenvalue weighted by Crippen LogP contribution is -1.94. The second-order valence-corrected chi connectivity index (χ2v) is 6.53. The Balaban J connectivity index is 2.29. The third kappa shape index (κ3) is 3.81. The summed E-state index contributed by atoms with van der Waals surface area (Å²) in [6.45, 7) is 2.05. The van der Waals surface area contributed by atoms with Crippen LogP contribution in [0.3, 0.4) is 0 Å². The molecule has 0 aliphatic rings. The van der Waals surface area contributed by atoms with Crippen LogP contribution in [0.1, 0.15) is 22.8 Å². The highest BCUT2D eigenvalue weighted by atomic mass is 32.2. The quantitative estimate of drug-likeness (QED) is 0.822. The molecule has 0 aliphatic heterocycles. The van der Waals surface area contributed by atoms with Gasteiger partial charge in [-0.1, -0.05) is 24.8 Å². The number of carboxylic acid groups (broad SMARTS) is 1. The minimum Gasteiger partial charge on any atom is -0.478 e. The summed E-state index contributed by atoms with van der Waals surface area (Å²) in [5.74, 6) is -0.0264. The van der Waals surface area contributed by atoms with Gasteiger partial charge in [-0.15, -0.1) is 11.8 Å². The number of hydrogen-bond acceptors (Lipinski definition) is 4. The van der Waals surface area contributed by atoms with Crippen LogP contribution in [-0.2, 0) is 0 Å². The third-order valence-corrected chi connectivity index (χ3v) is 4.74. The van der Waals surface area contributed by atoms with Gasteiger partial charge in [0.15, 0.2) is 0 Å². The van der Waals surface area contributed by atoms with Crippen molar-refractivity contribution in [1.82, 2.24) is 0 Å². The van der Waals surface area contributed by atoms with Crippen LogP contribution in [0.4, 0.5) is 0 Å². The average Bonchev–Trinajstić information content (AvgIpc) is 2.48. The van der Waals surface area contributed by atoms with Gasteiger partial charge in [0.2, 0.25) is 0 Å². The molecule has 0 saturated carbocycles. The van der Waals surface area contributed by atoms with E-state index in [4.69, 9.17) is 5.11 Å². The molecule has 0 spiro atoms. The molecular weight excluding hydrogens is 302 g/mol. The Morgan fingerprint density at radius 2 is 1.86 bits per heavy atom. The van der Waals surface area contributed by atoms with Gasteiger partial charge in [0, 0.05) is 14.7 Å². The Labute approximate surface area is 132 Å². The molecule has 2 aromatic rings. The van der Waals surface area contributed by atoms with E-state index in [-0.39, 0.29) is 5.56 Å².